The van der Waals surface area contributed by atoms with Crippen molar-refractivity contribution in [1.29, 1.82) is 0 Å². The first-order chi connectivity index (χ1) is 31.4. The first-order valence-electron chi connectivity index (χ1n) is 21.8. The summed E-state index contributed by atoms with van der Waals surface area (Å²) in [6, 6.07) is 18.5. The van der Waals surface area contributed by atoms with E-state index in [-0.39, 0.29) is 32.2 Å². The second kappa shape index (κ2) is 23.2. The summed E-state index contributed by atoms with van der Waals surface area (Å²) in [6.07, 6.45) is 5.37. The van der Waals surface area contributed by atoms with E-state index < -0.39 is 66.1 Å². The summed E-state index contributed by atoms with van der Waals surface area (Å²) in [5.41, 5.74) is 9.72. The Kier molecular flexibility index (Phi) is 17.0. The van der Waals surface area contributed by atoms with Gasteiger partial charge in [-0.15, -0.1) is 6.58 Å². The van der Waals surface area contributed by atoms with Crippen molar-refractivity contribution in [2.45, 2.75) is 82.0 Å². The highest BCUT2D eigenvalue weighted by molar-refractivity contribution is 5.96. The third kappa shape index (κ3) is 13.4. The highest BCUT2D eigenvalue weighted by Crippen LogP contribution is 2.21. The average molecular weight is 886 g/mol. The highest BCUT2D eigenvalue weighted by atomic mass is 16.3. The Labute approximate surface area is 378 Å². The summed E-state index contributed by atoms with van der Waals surface area (Å²) >= 11 is 0. The number of carbonyl (C=O) groups is 5. The minimum Gasteiger partial charge on any atom is -0.368 e. The van der Waals surface area contributed by atoms with Crippen LogP contribution in [0.5, 0.6) is 0 Å². The van der Waals surface area contributed by atoms with Crippen LogP contribution in [0.3, 0.4) is 0 Å². The first-order valence-corrected chi connectivity index (χ1v) is 21.8. The highest BCUT2D eigenvalue weighted by Gasteiger charge is 2.32. The number of benzene rings is 3. The van der Waals surface area contributed by atoms with Crippen LogP contribution in [0.25, 0.3) is 21.8 Å². The molecule has 12 N–H and O–H groups in total. The number of fused-ring (bicyclic) bond motifs is 2. The van der Waals surface area contributed by atoms with Crippen LogP contribution < -0.4 is 38.2 Å². The second-order valence-corrected chi connectivity index (χ2v) is 16.3. The van der Waals surface area contributed by atoms with E-state index in [4.69, 9.17) is 11.6 Å². The molecule has 2 unspecified atom stereocenters. The van der Waals surface area contributed by atoms with Crippen LogP contribution in [0.2, 0.25) is 0 Å². The molecule has 17 heteroatoms. The maximum absolute atomic E-state index is 14.5. The number of hydrazine groups is 1. The lowest BCUT2D eigenvalue weighted by atomic mass is 10.0. The van der Waals surface area contributed by atoms with E-state index in [0.717, 1.165) is 43.5 Å². The summed E-state index contributed by atoms with van der Waals surface area (Å²) in [6.45, 7) is 6.76. The number of aromatic amines is 2. The van der Waals surface area contributed by atoms with Crippen LogP contribution in [-0.2, 0) is 43.2 Å². The third-order valence-electron chi connectivity index (χ3n) is 11.4. The number of nitrogens with zero attached hydrogens (tertiary/aromatic N) is 2. The second-order valence-electron chi connectivity index (χ2n) is 16.3. The van der Waals surface area contributed by atoms with Gasteiger partial charge in [0.05, 0.1) is 19.1 Å². The smallest absolute Gasteiger partial charge is 0.243 e. The molecule has 0 radical (unpaired) electrons. The quantitative estimate of drug-likeness (QED) is 0.0575. The molecule has 65 heavy (non-hydrogen) atoms. The molecular weight excluding hydrogens is 827 g/mol. The molecule has 0 fully saturated rings. The Balaban J connectivity index is 1.31. The van der Waals surface area contributed by atoms with Crippen LogP contribution in [0.1, 0.15) is 42.9 Å². The Hall–Kier alpha value is -6.81. The van der Waals surface area contributed by atoms with E-state index in [1.165, 1.54) is 6.92 Å². The SMILES string of the molecule is C=CCN1CC#CCN(N)C(O)N[C@H](Cc2c[nH]c3ccccc23)C(=O)N[C@@H](C)C(=O)N[C@@H](Cc2c[nH]c3ccccc23)C(=O)NC(Cc2ccccc2)C(=O)N[C@H](C(N)=O)CCCC1. The molecule has 0 spiro atoms. The van der Waals surface area contributed by atoms with Crippen molar-refractivity contribution in [3.05, 3.63) is 121 Å². The van der Waals surface area contributed by atoms with Crippen molar-refractivity contribution in [3.8, 4) is 11.8 Å². The van der Waals surface area contributed by atoms with E-state index in [1.54, 1.807) is 18.5 Å². The number of rotatable bonds is 9. The Bertz CT molecular complexity index is 2490. The summed E-state index contributed by atoms with van der Waals surface area (Å²) in [5, 5.41) is 28.1. The number of aliphatic hydroxyl groups excluding tert-OH is 1. The fourth-order valence-corrected chi connectivity index (χ4v) is 7.82. The third-order valence-corrected chi connectivity index (χ3v) is 11.4. The van der Waals surface area contributed by atoms with Crippen LogP contribution in [-0.4, -0.2) is 117 Å². The van der Waals surface area contributed by atoms with Gasteiger partial charge < -0.3 is 42.1 Å². The molecule has 0 saturated heterocycles. The number of carbonyl (C=O) groups excluding carboxylic acids is 5. The van der Waals surface area contributed by atoms with Gasteiger partial charge in [0.2, 0.25) is 29.5 Å². The number of hydrogen-bond donors (Lipinski definition) is 10. The fraction of sp³-hybridized carbons (Fsp3) is 0.354. The molecule has 1 aliphatic heterocycles. The number of nitrogens with two attached hydrogens (primary N) is 2. The average Bonchev–Trinajstić information content (AvgIpc) is 3.91. The lowest BCUT2D eigenvalue weighted by molar-refractivity contribution is -0.134. The zero-order valence-electron chi connectivity index (χ0n) is 36.5. The zero-order valence-corrected chi connectivity index (χ0v) is 36.5. The van der Waals surface area contributed by atoms with Gasteiger partial charge in [-0.25, -0.2) is 0 Å². The maximum Gasteiger partial charge on any atom is 0.243 e. The van der Waals surface area contributed by atoms with Gasteiger partial charge in [0.1, 0.15) is 24.2 Å². The molecule has 1 aliphatic rings. The van der Waals surface area contributed by atoms with E-state index in [1.807, 2.05) is 83.8 Å². The van der Waals surface area contributed by atoms with Crippen molar-refractivity contribution in [2.24, 2.45) is 11.6 Å². The standard InChI is InChI=1S/C48H59N11O6/c1-3-22-58-23-12-11-21-39(43(49)60)54-46(63)40(26-32-15-5-4-6-16-32)56-47(64)41(27-33-29-51-37-19-9-7-17-35(33)37)55-44(61)31(2)53-45(62)42(57-48(65)59(50)25-14-13-24-58)28-34-30-52-38-20-10-8-18-36(34)38/h3-10,15-20,29-31,39-42,48,51-52,57,65H,1,11-12,21-28,50H2,2H3,(H2,49,60)(H,53,62)(H,54,63)(H,55,61)(H,56,64)/t31-,39-,40?,41-,42+,48?/m0/s1. The topological polar surface area (TPSA) is 256 Å². The van der Waals surface area contributed by atoms with Crippen molar-refractivity contribution >= 4 is 51.3 Å². The zero-order chi connectivity index (χ0) is 46.3. The van der Waals surface area contributed by atoms with Crippen molar-refractivity contribution in [2.75, 3.05) is 26.2 Å². The van der Waals surface area contributed by atoms with E-state index in [9.17, 15) is 29.1 Å². The molecule has 2 aromatic heterocycles. The van der Waals surface area contributed by atoms with Crippen LogP contribution in [0, 0.1) is 11.8 Å². The largest absolute Gasteiger partial charge is 0.368 e. The van der Waals surface area contributed by atoms with Crippen molar-refractivity contribution < 1.29 is 29.1 Å². The van der Waals surface area contributed by atoms with E-state index in [2.05, 4.69) is 55.0 Å². The summed E-state index contributed by atoms with van der Waals surface area (Å²) in [7, 11) is 0. The van der Waals surface area contributed by atoms with Gasteiger partial charge in [-0.1, -0.05) is 84.6 Å². The van der Waals surface area contributed by atoms with Gasteiger partial charge in [0.25, 0.3) is 0 Å². The molecule has 5 amide bonds. The number of H-pyrrole nitrogens is 2. The predicted octanol–water partition coefficient (Wildman–Crippen LogP) is 1.21. The van der Waals surface area contributed by atoms with Crippen LogP contribution in [0.4, 0.5) is 0 Å². The number of nitrogens with one attached hydrogen (secondary N) is 7. The lowest BCUT2D eigenvalue weighted by Crippen LogP contribution is -2.60. The molecule has 3 aromatic carbocycles. The minimum absolute atomic E-state index is 0.0148. The van der Waals surface area contributed by atoms with Gasteiger partial charge in [-0.3, -0.25) is 40.0 Å². The molecule has 0 bridgehead atoms. The number of amides is 5. The normalized spacial score (nSPS) is 23.2. The molecule has 0 saturated carbocycles. The number of aromatic nitrogens is 2. The van der Waals surface area contributed by atoms with Crippen molar-refractivity contribution in [1.82, 2.24) is 46.5 Å². The van der Waals surface area contributed by atoms with Crippen LogP contribution >= 0.6 is 0 Å². The molecule has 0 aliphatic carbocycles. The summed E-state index contributed by atoms with van der Waals surface area (Å²) < 4.78 is 0. The molecule has 3 heterocycles. The van der Waals surface area contributed by atoms with Gasteiger partial charge in [0.15, 0.2) is 6.35 Å². The molecule has 6 atom stereocenters. The van der Waals surface area contributed by atoms with Gasteiger partial charge >= 0.3 is 0 Å². The number of hydrogen-bond acceptors (Lipinski definition) is 10. The first kappa shape index (κ1) is 47.7. The lowest BCUT2D eigenvalue weighted by Gasteiger charge is -2.28. The predicted molar refractivity (Wildman–Crippen MR) is 249 cm³/mol. The summed E-state index contributed by atoms with van der Waals surface area (Å²) in [5.74, 6) is 8.98. The van der Waals surface area contributed by atoms with Gasteiger partial charge in [0, 0.05) is 53.6 Å². The van der Waals surface area contributed by atoms with Gasteiger partial charge in [-0.2, -0.15) is 5.01 Å². The van der Waals surface area contributed by atoms with E-state index in [0.29, 0.717) is 32.5 Å². The molecule has 5 aromatic rings. The minimum atomic E-state index is -1.52. The Morgan fingerprint density at radius 1 is 0.738 bits per heavy atom. The molecule has 342 valence electrons. The van der Waals surface area contributed by atoms with Gasteiger partial charge in [-0.05, 0) is 68.0 Å². The Morgan fingerprint density at radius 2 is 1.29 bits per heavy atom. The monoisotopic (exact) mass is 885 g/mol. The van der Waals surface area contributed by atoms with Crippen molar-refractivity contribution in [3.63, 3.8) is 0 Å². The molecule has 6 rings (SSSR count). The Morgan fingerprint density at radius 3 is 1.94 bits per heavy atom. The number of aliphatic hydroxyl groups is 1. The molecular formula is C48H59N11O6. The molecule has 17 nitrogen and oxygen atoms in total. The maximum atomic E-state index is 14.5. The number of para-hydroxylation sites is 2. The fourth-order valence-electron chi connectivity index (χ4n) is 7.82. The number of primary amides is 1. The van der Waals surface area contributed by atoms with E-state index >= 15 is 0 Å². The van der Waals surface area contributed by atoms with Crippen LogP contribution in [0.15, 0.2) is 104 Å². The summed E-state index contributed by atoms with van der Waals surface area (Å²) in [4.78, 5) is 78.1.